The molecule has 6 heteroatoms. The van der Waals surface area contributed by atoms with Gasteiger partial charge in [-0.2, -0.15) is 13.2 Å². The third kappa shape index (κ3) is 4.39. The van der Waals surface area contributed by atoms with Gasteiger partial charge in [0.15, 0.2) is 0 Å². The van der Waals surface area contributed by atoms with Crippen molar-refractivity contribution in [1.82, 2.24) is 10.3 Å². The summed E-state index contributed by atoms with van der Waals surface area (Å²) in [6, 6.07) is 14.4. The Bertz CT molecular complexity index is 900. The number of hydrogen-bond donors (Lipinski definition) is 1. The maximum Gasteiger partial charge on any atom is 0.416 e. The second-order valence-corrected chi connectivity index (χ2v) is 5.96. The minimum atomic E-state index is -4.33. The van der Waals surface area contributed by atoms with Crippen LogP contribution in [0.25, 0.3) is 10.9 Å². The highest BCUT2D eigenvalue weighted by atomic mass is 19.4. The van der Waals surface area contributed by atoms with Crippen LogP contribution < -0.4 is 5.32 Å². The maximum atomic E-state index is 12.5. The number of halogens is 3. The Labute approximate surface area is 148 Å². The van der Waals surface area contributed by atoms with Gasteiger partial charge in [0.1, 0.15) is 0 Å². The third-order valence-corrected chi connectivity index (χ3v) is 4.08. The lowest BCUT2D eigenvalue weighted by Crippen LogP contribution is -2.27. The molecule has 0 radical (unpaired) electrons. The number of hydrogen-bond acceptors (Lipinski definition) is 2. The van der Waals surface area contributed by atoms with Gasteiger partial charge in [-0.3, -0.25) is 9.78 Å². The van der Waals surface area contributed by atoms with Crippen molar-refractivity contribution in [2.24, 2.45) is 0 Å². The summed E-state index contributed by atoms with van der Waals surface area (Å²) >= 11 is 0. The van der Waals surface area contributed by atoms with Crippen LogP contribution in [0, 0.1) is 0 Å². The number of nitrogens with one attached hydrogen (secondary N) is 1. The van der Waals surface area contributed by atoms with Crippen molar-refractivity contribution in [3.8, 4) is 0 Å². The minimum Gasteiger partial charge on any atom is -0.355 e. The van der Waals surface area contributed by atoms with Gasteiger partial charge in [0, 0.05) is 18.1 Å². The van der Waals surface area contributed by atoms with Gasteiger partial charge < -0.3 is 5.32 Å². The Balaban J connectivity index is 1.54. The van der Waals surface area contributed by atoms with Gasteiger partial charge in [-0.25, -0.2) is 0 Å². The van der Waals surface area contributed by atoms with Crippen LogP contribution in [0.15, 0.2) is 60.8 Å². The highest BCUT2D eigenvalue weighted by molar-refractivity contribution is 5.87. The van der Waals surface area contributed by atoms with Crippen molar-refractivity contribution in [2.45, 2.75) is 19.0 Å². The summed E-state index contributed by atoms with van der Waals surface area (Å²) in [7, 11) is 0. The first-order valence-electron chi connectivity index (χ1n) is 8.19. The highest BCUT2D eigenvalue weighted by Gasteiger charge is 2.29. The first-order valence-corrected chi connectivity index (χ1v) is 8.19. The van der Waals surface area contributed by atoms with Gasteiger partial charge >= 0.3 is 6.18 Å². The number of nitrogens with zero attached hydrogens (tertiary/aromatic N) is 1. The average molecular weight is 358 g/mol. The standard InChI is InChI=1S/C20H17F3N2O/c21-20(22,23)17-8-6-14(7-9-17)10-12-24-18(26)13-16-4-1-3-15-5-2-11-25-19(15)16/h1-9,11H,10,12-13H2,(H,24,26). The predicted molar refractivity (Wildman–Crippen MR) is 93.6 cm³/mol. The summed E-state index contributed by atoms with van der Waals surface area (Å²) in [4.78, 5) is 16.5. The molecular formula is C20H17F3N2O. The van der Waals surface area contributed by atoms with E-state index in [9.17, 15) is 18.0 Å². The van der Waals surface area contributed by atoms with Gasteiger partial charge in [0.05, 0.1) is 17.5 Å². The Morgan fingerprint density at radius 1 is 1.00 bits per heavy atom. The first-order chi connectivity index (χ1) is 12.4. The summed E-state index contributed by atoms with van der Waals surface area (Å²) < 4.78 is 37.6. The third-order valence-electron chi connectivity index (χ3n) is 4.08. The van der Waals surface area contributed by atoms with E-state index in [1.165, 1.54) is 12.1 Å². The lowest BCUT2D eigenvalue weighted by atomic mass is 10.1. The molecule has 0 unspecified atom stereocenters. The lowest BCUT2D eigenvalue weighted by Gasteiger charge is -2.09. The van der Waals surface area contributed by atoms with Crippen LogP contribution in [0.3, 0.4) is 0 Å². The van der Waals surface area contributed by atoms with Crippen molar-refractivity contribution in [2.75, 3.05) is 6.54 Å². The van der Waals surface area contributed by atoms with Gasteiger partial charge in [0.25, 0.3) is 0 Å². The van der Waals surface area contributed by atoms with E-state index in [1.54, 1.807) is 6.20 Å². The Kier molecular flexibility index (Phi) is 5.21. The molecule has 0 saturated heterocycles. The number of fused-ring (bicyclic) bond motifs is 1. The van der Waals surface area contributed by atoms with E-state index >= 15 is 0 Å². The Morgan fingerprint density at radius 3 is 2.46 bits per heavy atom. The molecule has 0 bridgehead atoms. The molecule has 0 aliphatic carbocycles. The van der Waals surface area contributed by atoms with E-state index < -0.39 is 11.7 Å². The molecular weight excluding hydrogens is 341 g/mol. The van der Waals surface area contributed by atoms with Crippen LogP contribution >= 0.6 is 0 Å². The fourth-order valence-electron chi connectivity index (χ4n) is 2.75. The number of aromatic nitrogens is 1. The lowest BCUT2D eigenvalue weighted by molar-refractivity contribution is -0.137. The number of carbonyl (C=O) groups excluding carboxylic acids is 1. The van der Waals surface area contributed by atoms with Crippen molar-refractivity contribution in [3.05, 3.63) is 77.5 Å². The first kappa shape index (κ1) is 17.9. The zero-order valence-electron chi connectivity index (χ0n) is 13.9. The van der Waals surface area contributed by atoms with E-state index in [-0.39, 0.29) is 12.3 Å². The average Bonchev–Trinajstić information content (AvgIpc) is 2.62. The zero-order chi connectivity index (χ0) is 18.6. The van der Waals surface area contributed by atoms with Crippen LogP contribution in [0.5, 0.6) is 0 Å². The summed E-state index contributed by atoms with van der Waals surface area (Å²) in [6.07, 6.45) is -1.97. The number of rotatable bonds is 5. The van der Waals surface area contributed by atoms with Crippen LogP contribution in [0.4, 0.5) is 13.2 Å². The number of alkyl halides is 3. The maximum absolute atomic E-state index is 12.5. The van der Waals surface area contributed by atoms with E-state index in [0.717, 1.165) is 34.2 Å². The van der Waals surface area contributed by atoms with E-state index in [2.05, 4.69) is 10.3 Å². The molecule has 0 spiro atoms. The van der Waals surface area contributed by atoms with E-state index in [0.29, 0.717) is 13.0 Å². The monoisotopic (exact) mass is 358 g/mol. The molecule has 0 aliphatic heterocycles. The number of amides is 1. The van der Waals surface area contributed by atoms with Gasteiger partial charge in [0.2, 0.25) is 5.91 Å². The molecule has 0 aliphatic rings. The molecule has 3 aromatic rings. The second-order valence-electron chi connectivity index (χ2n) is 5.96. The van der Waals surface area contributed by atoms with E-state index in [4.69, 9.17) is 0 Å². The van der Waals surface area contributed by atoms with Gasteiger partial charge in [-0.15, -0.1) is 0 Å². The van der Waals surface area contributed by atoms with Crippen molar-refractivity contribution >= 4 is 16.8 Å². The number of benzene rings is 2. The van der Waals surface area contributed by atoms with Crippen molar-refractivity contribution < 1.29 is 18.0 Å². The van der Waals surface area contributed by atoms with Gasteiger partial charge in [-0.05, 0) is 35.7 Å². The molecule has 0 fully saturated rings. The van der Waals surface area contributed by atoms with E-state index in [1.807, 2.05) is 30.3 Å². The molecule has 3 rings (SSSR count). The SMILES string of the molecule is O=C(Cc1cccc2cccnc12)NCCc1ccc(C(F)(F)F)cc1. The van der Waals surface area contributed by atoms with Crippen LogP contribution in [0.1, 0.15) is 16.7 Å². The van der Waals surface area contributed by atoms with Crippen LogP contribution in [-0.2, 0) is 23.8 Å². The predicted octanol–water partition coefficient (Wildman–Crippen LogP) is 4.16. The zero-order valence-corrected chi connectivity index (χ0v) is 13.9. The molecule has 1 amide bonds. The molecule has 1 aromatic heterocycles. The smallest absolute Gasteiger partial charge is 0.355 e. The topological polar surface area (TPSA) is 42.0 Å². The summed E-state index contributed by atoms with van der Waals surface area (Å²) in [6.45, 7) is 0.363. The summed E-state index contributed by atoms with van der Waals surface area (Å²) in [5.74, 6) is -0.143. The van der Waals surface area contributed by atoms with Crippen LogP contribution in [-0.4, -0.2) is 17.4 Å². The molecule has 0 atom stereocenters. The van der Waals surface area contributed by atoms with Crippen LogP contribution in [0.2, 0.25) is 0 Å². The Hall–Kier alpha value is -2.89. The highest BCUT2D eigenvalue weighted by Crippen LogP contribution is 2.29. The normalized spacial score (nSPS) is 11.5. The summed E-state index contributed by atoms with van der Waals surface area (Å²) in [5.41, 5.74) is 1.71. The largest absolute Gasteiger partial charge is 0.416 e. The van der Waals surface area contributed by atoms with Crippen molar-refractivity contribution in [1.29, 1.82) is 0 Å². The van der Waals surface area contributed by atoms with Crippen molar-refractivity contribution in [3.63, 3.8) is 0 Å². The second kappa shape index (κ2) is 7.56. The number of carbonyl (C=O) groups is 1. The number of pyridine rings is 1. The molecule has 26 heavy (non-hydrogen) atoms. The summed E-state index contributed by atoms with van der Waals surface area (Å²) in [5, 5.41) is 3.77. The molecule has 0 saturated carbocycles. The quantitative estimate of drug-likeness (QED) is 0.744. The minimum absolute atomic E-state index is 0.143. The Morgan fingerprint density at radius 2 is 1.73 bits per heavy atom. The fraction of sp³-hybridized carbons (Fsp3) is 0.200. The molecule has 1 N–H and O–H groups in total. The molecule has 2 aromatic carbocycles. The van der Waals surface area contributed by atoms with Gasteiger partial charge in [-0.1, -0.05) is 36.4 Å². The molecule has 3 nitrogen and oxygen atoms in total. The molecule has 134 valence electrons. The fourth-order valence-corrected chi connectivity index (χ4v) is 2.75. The molecule has 1 heterocycles. The number of para-hydroxylation sites is 1.